The molecule has 0 spiro atoms. The Labute approximate surface area is 93.9 Å². The number of phenols is 1. The van der Waals surface area contributed by atoms with Crippen LogP contribution in [-0.2, 0) is 9.53 Å². The molecule has 1 rings (SSSR count). The van der Waals surface area contributed by atoms with Crippen molar-refractivity contribution in [2.75, 3.05) is 7.11 Å². The van der Waals surface area contributed by atoms with Crippen LogP contribution in [0.3, 0.4) is 0 Å². The lowest BCUT2D eigenvalue weighted by Gasteiger charge is -2.14. The standard InChI is InChI=1S/C12H15FO3/c1-3-8(6-12(15)16-2)9-4-10(13)7-11(14)5-9/h4-5,7-8,14H,3,6H2,1-2H3. The molecular weight excluding hydrogens is 211 g/mol. The molecule has 3 nitrogen and oxygen atoms in total. The number of benzene rings is 1. The summed E-state index contributed by atoms with van der Waals surface area (Å²) in [5.41, 5.74) is 0.616. The predicted octanol–water partition coefficient (Wildman–Crippen LogP) is 2.59. The molecule has 0 heterocycles. The number of halogens is 1. The molecule has 4 heteroatoms. The summed E-state index contributed by atoms with van der Waals surface area (Å²) in [5.74, 6) is -1.10. The third-order valence-corrected chi connectivity index (χ3v) is 2.51. The molecule has 1 N–H and O–H groups in total. The molecule has 16 heavy (non-hydrogen) atoms. The number of ether oxygens (including phenoxy) is 1. The fourth-order valence-corrected chi connectivity index (χ4v) is 1.61. The van der Waals surface area contributed by atoms with Gasteiger partial charge in [0.15, 0.2) is 0 Å². The van der Waals surface area contributed by atoms with E-state index in [0.717, 1.165) is 6.07 Å². The Morgan fingerprint density at radius 3 is 2.69 bits per heavy atom. The SMILES string of the molecule is CCC(CC(=O)OC)c1cc(O)cc(F)c1. The third kappa shape index (κ3) is 3.22. The molecule has 0 amide bonds. The number of hydrogen-bond donors (Lipinski definition) is 1. The van der Waals surface area contributed by atoms with Crippen molar-refractivity contribution < 1.29 is 19.0 Å². The summed E-state index contributed by atoms with van der Waals surface area (Å²) >= 11 is 0. The van der Waals surface area contributed by atoms with Crippen LogP contribution in [0.2, 0.25) is 0 Å². The van der Waals surface area contributed by atoms with Gasteiger partial charge in [-0.1, -0.05) is 6.92 Å². The number of carbonyl (C=O) groups excluding carboxylic acids is 1. The highest BCUT2D eigenvalue weighted by atomic mass is 19.1. The first-order valence-corrected chi connectivity index (χ1v) is 5.13. The van der Waals surface area contributed by atoms with Gasteiger partial charge in [0, 0.05) is 6.07 Å². The molecule has 0 aliphatic carbocycles. The van der Waals surface area contributed by atoms with Crippen LogP contribution in [-0.4, -0.2) is 18.2 Å². The molecule has 0 aliphatic rings. The van der Waals surface area contributed by atoms with E-state index >= 15 is 0 Å². The largest absolute Gasteiger partial charge is 0.508 e. The van der Waals surface area contributed by atoms with Gasteiger partial charge in [0.05, 0.1) is 13.5 Å². The second kappa shape index (κ2) is 5.49. The normalized spacial score (nSPS) is 12.2. The van der Waals surface area contributed by atoms with Gasteiger partial charge in [0.25, 0.3) is 0 Å². The lowest BCUT2D eigenvalue weighted by molar-refractivity contribution is -0.141. The van der Waals surface area contributed by atoms with E-state index in [1.54, 1.807) is 0 Å². The zero-order valence-corrected chi connectivity index (χ0v) is 9.37. The number of carbonyl (C=O) groups is 1. The molecule has 1 atom stereocenters. The molecule has 1 aromatic carbocycles. The quantitative estimate of drug-likeness (QED) is 0.802. The van der Waals surface area contributed by atoms with E-state index < -0.39 is 5.82 Å². The molecule has 0 saturated heterocycles. The summed E-state index contributed by atoms with van der Waals surface area (Å²) < 4.78 is 17.6. The zero-order chi connectivity index (χ0) is 12.1. The molecule has 0 aromatic heterocycles. The van der Waals surface area contributed by atoms with E-state index in [1.165, 1.54) is 19.2 Å². The lowest BCUT2D eigenvalue weighted by atomic mass is 9.93. The Balaban J connectivity index is 2.90. The second-order valence-electron chi connectivity index (χ2n) is 3.63. The highest BCUT2D eigenvalue weighted by Crippen LogP contribution is 2.27. The van der Waals surface area contributed by atoms with Crippen molar-refractivity contribution in [1.29, 1.82) is 0 Å². The summed E-state index contributed by atoms with van der Waals surface area (Å²) in [6, 6.07) is 3.84. The van der Waals surface area contributed by atoms with Gasteiger partial charge >= 0.3 is 5.97 Å². The van der Waals surface area contributed by atoms with Crippen molar-refractivity contribution in [2.45, 2.75) is 25.7 Å². The Bertz CT molecular complexity index is 356. The number of methoxy groups -OCH3 is 1. The number of rotatable bonds is 4. The van der Waals surface area contributed by atoms with Crippen molar-refractivity contribution >= 4 is 5.97 Å². The Kier molecular flexibility index (Phi) is 4.28. The maximum Gasteiger partial charge on any atom is 0.306 e. The molecule has 0 fully saturated rings. The number of esters is 1. The van der Waals surface area contributed by atoms with Gasteiger partial charge in [0.1, 0.15) is 11.6 Å². The Morgan fingerprint density at radius 1 is 1.50 bits per heavy atom. The Morgan fingerprint density at radius 2 is 2.19 bits per heavy atom. The second-order valence-corrected chi connectivity index (χ2v) is 3.63. The number of hydrogen-bond acceptors (Lipinski definition) is 3. The minimum atomic E-state index is -0.502. The van der Waals surface area contributed by atoms with E-state index in [9.17, 15) is 14.3 Å². The highest BCUT2D eigenvalue weighted by Gasteiger charge is 2.16. The van der Waals surface area contributed by atoms with Gasteiger partial charge in [-0.25, -0.2) is 4.39 Å². The predicted molar refractivity (Wildman–Crippen MR) is 57.7 cm³/mol. The average Bonchev–Trinajstić information content (AvgIpc) is 2.24. The smallest absolute Gasteiger partial charge is 0.306 e. The van der Waals surface area contributed by atoms with Crippen molar-refractivity contribution in [2.24, 2.45) is 0 Å². The van der Waals surface area contributed by atoms with Crippen LogP contribution in [0.1, 0.15) is 31.2 Å². The van der Waals surface area contributed by atoms with Crippen LogP contribution < -0.4 is 0 Å². The van der Waals surface area contributed by atoms with Crippen molar-refractivity contribution in [3.8, 4) is 5.75 Å². The third-order valence-electron chi connectivity index (χ3n) is 2.51. The van der Waals surface area contributed by atoms with Crippen LogP contribution in [0, 0.1) is 5.82 Å². The summed E-state index contributed by atoms with van der Waals surface area (Å²) in [6.07, 6.45) is 0.869. The minimum absolute atomic E-state index is 0.127. The molecule has 0 radical (unpaired) electrons. The van der Waals surface area contributed by atoms with Gasteiger partial charge in [-0.05, 0) is 30.0 Å². The zero-order valence-electron chi connectivity index (χ0n) is 9.37. The Hall–Kier alpha value is -1.58. The van der Waals surface area contributed by atoms with Crippen molar-refractivity contribution in [1.82, 2.24) is 0 Å². The van der Waals surface area contributed by atoms with Crippen molar-refractivity contribution in [3.63, 3.8) is 0 Å². The average molecular weight is 226 g/mol. The summed E-state index contributed by atoms with van der Waals surface area (Å²) in [4.78, 5) is 11.1. The van der Waals surface area contributed by atoms with E-state index in [2.05, 4.69) is 4.74 Å². The van der Waals surface area contributed by atoms with E-state index in [4.69, 9.17) is 0 Å². The fraction of sp³-hybridized carbons (Fsp3) is 0.417. The van der Waals surface area contributed by atoms with Gasteiger partial charge in [-0.15, -0.1) is 0 Å². The molecule has 0 saturated carbocycles. The van der Waals surface area contributed by atoms with Crippen LogP contribution >= 0.6 is 0 Å². The van der Waals surface area contributed by atoms with Crippen LogP contribution in [0.25, 0.3) is 0 Å². The molecule has 88 valence electrons. The lowest BCUT2D eigenvalue weighted by Crippen LogP contribution is -2.08. The first kappa shape index (κ1) is 12.5. The summed E-state index contributed by atoms with van der Waals surface area (Å²) in [5, 5.41) is 9.27. The van der Waals surface area contributed by atoms with Crippen LogP contribution in [0.4, 0.5) is 4.39 Å². The van der Waals surface area contributed by atoms with E-state index in [-0.39, 0.29) is 24.1 Å². The summed E-state index contributed by atoms with van der Waals surface area (Å²) in [6.45, 7) is 1.90. The molecule has 1 unspecified atom stereocenters. The summed E-state index contributed by atoms with van der Waals surface area (Å²) in [7, 11) is 1.32. The first-order valence-electron chi connectivity index (χ1n) is 5.13. The van der Waals surface area contributed by atoms with Crippen LogP contribution in [0.15, 0.2) is 18.2 Å². The van der Waals surface area contributed by atoms with Crippen LogP contribution in [0.5, 0.6) is 5.75 Å². The monoisotopic (exact) mass is 226 g/mol. The van der Waals surface area contributed by atoms with E-state index in [0.29, 0.717) is 12.0 Å². The molecule has 0 aliphatic heterocycles. The topological polar surface area (TPSA) is 46.5 Å². The van der Waals surface area contributed by atoms with E-state index in [1.807, 2.05) is 6.92 Å². The maximum absolute atomic E-state index is 13.1. The van der Waals surface area contributed by atoms with Gasteiger partial charge in [-0.3, -0.25) is 4.79 Å². The minimum Gasteiger partial charge on any atom is -0.508 e. The fourth-order valence-electron chi connectivity index (χ4n) is 1.61. The van der Waals surface area contributed by atoms with Gasteiger partial charge < -0.3 is 9.84 Å². The first-order chi connectivity index (χ1) is 7.56. The van der Waals surface area contributed by atoms with Gasteiger partial charge in [-0.2, -0.15) is 0 Å². The highest BCUT2D eigenvalue weighted by molar-refractivity contribution is 5.70. The number of aromatic hydroxyl groups is 1. The molecular formula is C12H15FO3. The van der Waals surface area contributed by atoms with Gasteiger partial charge in [0.2, 0.25) is 0 Å². The van der Waals surface area contributed by atoms with Crippen molar-refractivity contribution in [3.05, 3.63) is 29.6 Å². The number of phenolic OH excluding ortho intramolecular Hbond substituents is 1. The molecule has 1 aromatic rings. The molecule has 0 bridgehead atoms. The maximum atomic E-state index is 13.1.